The summed E-state index contributed by atoms with van der Waals surface area (Å²) in [7, 11) is 0. The van der Waals surface area contributed by atoms with Gasteiger partial charge >= 0.3 is 0 Å². The van der Waals surface area contributed by atoms with Gasteiger partial charge in [0, 0.05) is 44.5 Å². The van der Waals surface area contributed by atoms with E-state index in [0.29, 0.717) is 6.54 Å². The van der Waals surface area contributed by atoms with Crippen molar-refractivity contribution in [3.8, 4) is 0 Å². The van der Waals surface area contributed by atoms with E-state index in [9.17, 15) is 0 Å². The van der Waals surface area contributed by atoms with E-state index in [4.69, 9.17) is 10.8 Å². The number of nitrogens with zero attached hydrogens (tertiary/aromatic N) is 3. The van der Waals surface area contributed by atoms with Crippen LogP contribution in [0.25, 0.3) is 0 Å². The van der Waals surface area contributed by atoms with Crippen LogP contribution in [-0.4, -0.2) is 54.3 Å². The third-order valence-electron chi connectivity index (χ3n) is 3.39. The van der Waals surface area contributed by atoms with Crippen LogP contribution >= 0.6 is 0 Å². The van der Waals surface area contributed by atoms with Gasteiger partial charge in [0.2, 0.25) is 0 Å². The van der Waals surface area contributed by atoms with Crippen molar-refractivity contribution in [3.63, 3.8) is 0 Å². The van der Waals surface area contributed by atoms with Gasteiger partial charge in [-0.1, -0.05) is 6.07 Å². The number of anilines is 1. The van der Waals surface area contributed by atoms with E-state index in [1.807, 2.05) is 18.3 Å². The summed E-state index contributed by atoms with van der Waals surface area (Å²) in [5.41, 5.74) is 6.87. The predicted octanol–water partition coefficient (Wildman–Crippen LogP) is 0.0447. The summed E-state index contributed by atoms with van der Waals surface area (Å²) in [4.78, 5) is 9.07. The van der Waals surface area contributed by atoms with E-state index in [0.717, 1.165) is 50.5 Å². The third kappa shape index (κ3) is 3.19. The van der Waals surface area contributed by atoms with E-state index in [2.05, 4.69) is 14.8 Å². The maximum absolute atomic E-state index is 8.99. The average Bonchev–Trinajstić information content (AvgIpc) is 2.65. The summed E-state index contributed by atoms with van der Waals surface area (Å²) in [5, 5.41) is 8.99. The van der Waals surface area contributed by atoms with Gasteiger partial charge in [-0.15, -0.1) is 0 Å². The number of aromatic nitrogens is 1. The lowest BCUT2D eigenvalue weighted by Gasteiger charge is -2.24. The largest absolute Gasteiger partial charge is 0.395 e. The van der Waals surface area contributed by atoms with Gasteiger partial charge < -0.3 is 15.7 Å². The Bertz CT molecular complexity index is 372. The highest BCUT2D eigenvalue weighted by atomic mass is 16.3. The second-order valence-electron chi connectivity index (χ2n) is 4.60. The lowest BCUT2D eigenvalue weighted by Crippen LogP contribution is -2.33. The van der Waals surface area contributed by atoms with Crippen molar-refractivity contribution in [1.82, 2.24) is 9.88 Å². The predicted molar refractivity (Wildman–Crippen MR) is 72.5 cm³/mol. The van der Waals surface area contributed by atoms with Crippen molar-refractivity contribution in [2.24, 2.45) is 5.73 Å². The normalized spacial score (nSPS) is 17.8. The Hall–Kier alpha value is -1.17. The Morgan fingerprint density at radius 1 is 1.28 bits per heavy atom. The van der Waals surface area contributed by atoms with Gasteiger partial charge in [-0.2, -0.15) is 0 Å². The molecule has 18 heavy (non-hydrogen) atoms. The van der Waals surface area contributed by atoms with Gasteiger partial charge in [-0.25, -0.2) is 4.98 Å². The van der Waals surface area contributed by atoms with Gasteiger partial charge in [0.25, 0.3) is 0 Å². The lowest BCUT2D eigenvalue weighted by atomic mass is 10.2. The molecule has 0 saturated carbocycles. The third-order valence-corrected chi connectivity index (χ3v) is 3.39. The van der Waals surface area contributed by atoms with Crippen molar-refractivity contribution in [2.75, 3.05) is 44.2 Å². The molecule has 0 aliphatic carbocycles. The summed E-state index contributed by atoms with van der Waals surface area (Å²) in [5.74, 6) is 1.02. The quantitative estimate of drug-likeness (QED) is 0.790. The molecule has 1 saturated heterocycles. The van der Waals surface area contributed by atoms with Crippen LogP contribution in [0.15, 0.2) is 18.3 Å². The fourth-order valence-electron chi connectivity index (χ4n) is 2.42. The molecule has 1 aromatic heterocycles. The van der Waals surface area contributed by atoms with Gasteiger partial charge in [0.05, 0.1) is 6.61 Å². The number of rotatable bonds is 4. The first-order chi connectivity index (χ1) is 8.85. The van der Waals surface area contributed by atoms with Crippen LogP contribution in [0.1, 0.15) is 12.0 Å². The van der Waals surface area contributed by atoms with Crippen LogP contribution in [0, 0.1) is 0 Å². The molecule has 0 bridgehead atoms. The highest BCUT2D eigenvalue weighted by Crippen LogP contribution is 2.18. The molecule has 0 radical (unpaired) electrons. The number of β-amino-alcohol motifs (C(OH)–C–C–N with tert-alkyl or cyclic N) is 1. The molecule has 5 heteroatoms. The average molecular weight is 250 g/mol. The summed E-state index contributed by atoms with van der Waals surface area (Å²) < 4.78 is 0. The SMILES string of the molecule is NCc1cccnc1N1CCCN(CCO)CC1. The molecule has 5 nitrogen and oxygen atoms in total. The lowest BCUT2D eigenvalue weighted by molar-refractivity contribution is 0.204. The van der Waals surface area contributed by atoms with Crippen LogP contribution in [0.2, 0.25) is 0 Å². The molecule has 0 amide bonds. The Kier molecular flexibility index (Phi) is 4.92. The summed E-state index contributed by atoms with van der Waals surface area (Å²) in [6.07, 6.45) is 2.92. The smallest absolute Gasteiger partial charge is 0.133 e. The maximum Gasteiger partial charge on any atom is 0.133 e. The minimum absolute atomic E-state index is 0.234. The van der Waals surface area contributed by atoms with E-state index in [1.165, 1.54) is 0 Å². The number of pyridine rings is 1. The second-order valence-corrected chi connectivity index (χ2v) is 4.60. The van der Waals surface area contributed by atoms with Gasteiger partial charge in [0.15, 0.2) is 0 Å². The Morgan fingerprint density at radius 2 is 2.17 bits per heavy atom. The topological polar surface area (TPSA) is 65.6 Å². The van der Waals surface area contributed by atoms with Crippen molar-refractivity contribution in [3.05, 3.63) is 23.9 Å². The summed E-state index contributed by atoms with van der Waals surface area (Å²) in [6, 6.07) is 3.97. The monoisotopic (exact) mass is 250 g/mol. The molecule has 1 aliphatic heterocycles. The van der Waals surface area contributed by atoms with Crippen molar-refractivity contribution in [1.29, 1.82) is 0 Å². The molecule has 0 unspecified atom stereocenters. The molecule has 3 N–H and O–H groups in total. The number of hydrogen-bond acceptors (Lipinski definition) is 5. The number of aliphatic hydroxyl groups excluding tert-OH is 1. The zero-order chi connectivity index (χ0) is 12.8. The van der Waals surface area contributed by atoms with Crippen LogP contribution < -0.4 is 10.6 Å². The number of nitrogens with two attached hydrogens (primary N) is 1. The van der Waals surface area contributed by atoms with Crippen LogP contribution in [0.3, 0.4) is 0 Å². The molecule has 0 aromatic carbocycles. The highest BCUT2D eigenvalue weighted by Gasteiger charge is 2.17. The fourth-order valence-corrected chi connectivity index (χ4v) is 2.42. The van der Waals surface area contributed by atoms with Gasteiger partial charge in [-0.05, 0) is 19.0 Å². The number of hydrogen-bond donors (Lipinski definition) is 2. The molecule has 0 spiro atoms. The second kappa shape index (κ2) is 6.68. The van der Waals surface area contributed by atoms with Crippen LogP contribution in [0.5, 0.6) is 0 Å². The summed E-state index contributed by atoms with van der Waals surface area (Å²) in [6.45, 7) is 5.50. The fraction of sp³-hybridized carbons (Fsp3) is 0.615. The minimum atomic E-state index is 0.234. The van der Waals surface area contributed by atoms with Crippen molar-refractivity contribution < 1.29 is 5.11 Å². The number of aliphatic hydroxyl groups is 1. The summed E-state index contributed by atoms with van der Waals surface area (Å²) >= 11 is 0. The Morgan fingerprint density at radius 3 is 2.94 bits per heavy atom. The van der Waals surface area contributed by atoms with Gasteiger partial charge in [0.1, 0.15) is 5.82 Å². The molecular formula is C13H22N4O. The first-order valence-electron chi connectivity index (χ1n) is 6.57. The standard InChI is InChI=1S/C13H22N4O/c14-11-12-3-1-4-15-13(12)17-6-2-5-16(7-8-17)9-10-18/h1,3-4,18H,2,5-11,14H2. The molecule has 1 fully saturated rings. The first kappa shape index (κ1) is 13.3. The molecule has 100 valence electrons. The molecule has 1 aliphatic rings. The van der Waals surface area contributed by atoms with Gasteiger partial charge in [-0.3, -0.25) is 4.90 Å². The Labute approximate surface area is 108 Å². The molecule has 2 rings (SSSR count). The van der Waals surface area contributed by atoms with Crippen LogP contribution in [-0.2, 0) is 6.54 Å². The molecule has 0 atom stereocenters. The zero-order valence-electron chi connectivity index (χ0n) is 10.8. The molecule has 1 aromatic rings. The van der Waals surface area contributed by atoms with E-state index < -0.39 is 0 Å². The zero-order valence-corrected chi connectivity index (χ0v) is 10.8. The minimum Gasteiger partial charge on any atom is -0.395 e. The van der Waals surface area contributed by atoms with E-state index in [-0.39, 0.29) is 6.61 Å². The Balaban J connectivity index is 2.05. The van der Waals surface area contributed by atoms with E-state index in [1.54, 1.807) is 0 Å². The van der Waals surface area contributed by atoms with Crippen molar-refractivity contribution in [2.45, 2.75) is 13.0 Å². The van der Waals surface area contributed by atoms with Crippen molar-refractivity contribution >= 4 is 5.82 Å². The van der Waals surface area contributed by atoms with Crippen LogP contribution in [0.4, 0.5) is 5.82 Å². The molecular weight excluding hydrogens is 228 g/mol. The molecule has 2 heterocycles. The highest BCUT2D eigenvalue weighted by molar-refractivity contribution is 5.46. The first-order valence-corrected chi connectivity index (χ1v) is 6.57. The van der Waals surface area contributed by atoms with E-state index >= 15 is 0 Å². The maximum atomic E-state index is 8.99.